The summed E-state index contributed by atoms with van der Waals surface area (Å²) >= 11 is 0. The number of urea groups is 1. The quantitative estimate of drug-likeness (QED) is 0.842. The van der Waals surface area contributed by atoms with Crippen molar-refractivity contribution >= 4 is 11.9 Å². The number of hydrogen-bond donors (Lipinski definition) is 2. The molecule has 132 valence electrons. The number of piperazine rings is 1. The van der Waals surface area contributed by atoms with Gasteiger partial charge in [0.15, 0.2) is 0 Å². The highest BCUT2D eigenvalue weighted by Crippen LogP contribution is 2.11. The van der Waals surface area contributed by atoms with Crippen molar-refractivity contribution in [2.24, 2.45) is 0 Å². The van der Waals surface area contributed by atoms with E-state index < -0.39 is 0 Å². The van der Waals surface area contributed by atoms with Crippen molar-refractivity contribution in [1.29, 1.82) is 0 Å². The predicted octanol–water partition coefficient (Wildman–Crippen LogP) is 0.994. The highest BCUT2D eigenvalue weighted by molar-refractivity contribution is 5.78. The fraction of sp³-hybridized carbons (Fsp3) is 0.588. The molecule has 1 fully saturated rings. The van der Waals surface area contributed by atoms with Crippen LogP contribution in [0.5, 0.6) is 0 Å². The maximum Gasteiger partial charge on any atom is 0.317 e. The standard InChI is InChI=1S/C17H27N5O2/c1-13(2)19-16(23)12-21-8-10-22(11-9-21)17(24)20-14(3)15-4-6-18-7-5-15/h4-7,13-14H,8-12H2,1-3H3,(H,19,23)(H,20,24). The summed E-state index contributed by atoms with van der Waals surface area (Å²) in [5.41, 5.74) is 1.03. The minimum atomic E-state index is -0.0643. The maximum atomic E-state index is 12.4. The number of pyridine rings is 1. The second-order valence-electron chi connectivity index (χ2n) is 6.44. The molecule has 1 aliphatic rings. The van der Waals surface area contributed by atoms with Crippen LogP contribution in [0.1, 0.15) is 32.4 Å². The third-order valence-corrected chi connectivity index (χ3v) is 4.02. The first kappa shape index (κ1) is 18.2. The first-order chi connectivity index (χ1) is 11.5. The van der Waals surface area contributed by atoms with E-state index in [0.29, 0.717) is 32.7 Å². The van der Waals surface area contributed by atoms with Crippen molar-refractivity contribution < 1.29 is 9.59 Å². The molecule has 1 aromatic heterocycles. The Hall–Kier alpha value is -2.15. The molecule has 0 saturated carbocycles. The molecule has 0 bridgehead atoms. The van der Waals surface area contributed by atoms with Gasteiger partial charge in [0, 0.05) is 44.6 Å². The Labute approximate surface area is 143 Å². The van der Waals surface area contributed by atoms with Gasteiger partial charge in [0.25, 0.3) is 0 Å². The van der Waals surface area contributed by atoms with E-state index in [-0.39, 0.29) is 24.0 Å². The second kappa shape index (κ2) is 8.63. The molecule has 0 aliphatic carbocycles. The van der Waals surface area contributed by atoms with Crippen LogP contribution in [-0.4, -0.2) is 65.5 Å². The monoisotopic (exact) mass is 333 g/mol. The summed E-state index contributed by atoms with van der Waals surface area (Å²) in [6.07, 6.45) is 3.44. The number of carbonyl (C=O) groups is 2. The van der Waals surface area contributed by atoms with Crippen LogP contribution in [0.2, 0.25) is 0 Å². The summed E-state index contributed by atoms with van der Waals surface area (Å²) in [6.45, 7) is 8.92. The van der Waals surface area contributed by atoms with Crippen LogP contribution < -0.4 is 10.6 Å². The lowest BCUT2D eigenvalue weighted by atomic mass is 10.1. The van der Waals surface area contributed by atoms with Crippen molar-refractivity contribution in [3.8, 4) is 0 Å². The number of aromatic nitrogens is 1. The summed E-state index contributed by atoms with van der Waals surface area (Å²) in [5.74, 6) is 0.0363. The van der Waals surface area contributed by atoms with Crippen LogP contribution in [0.3, 0.4) is 0 Å². The lowest BCUT2D eigenvalue weighted by molar-refractivity contribution is -0.123. The van der Waals surface area contributed by atoms with Crippen LogP contribution in [0, 0.1) is 0 Å². The van der Waals surface area contributed by atoms with Crippen molar-refractivity contribution in [2.75, 3.05) is 32.7 Å². The highest BCUT2D eigenvalue weighted by Gasteiger charge is 2.23. The van der Waals surface area contributed by atoms with E-state index in [1.807, 2.05) is 32.9 Å². The third-order valence-electron chi connectivity index (χ3n) is 4.02. The molecule has 0 spiro atoms. The van der Waals surface area contributed by atoms with Crippen LogP contribution >= 0.6 is 0 Å². The average molecular weight is 333 g/mol. The summed E-state index contributed by atoms with van der Waals surface area (Å²) in [4.78, 5) is 32.0. The van der Waals surface area contributed by atoms with Crippen LogP contribution in [0.25, 0.3) is 0 Å². The Kier molecular flexibility index (Phi) is 6.54. The molecule has 1 aliphatic heterocycles. The summed E-state index contributed by atoms with van der Waals surface area (Å²) in [6, 6.07) is 3.83. The van der Waals surface area contributed by atoms with Gasteiger partial charge in [0.1, 0.15) is 0 Å². The molecule has 24 heavy (non-hydrogen) atoms. The average Bonchev–Trinajstić information content (AvgIpc) is 2.55. The summed E-state index contributed by atoms with van der Waals surface area (Å²) < 4.78 is 0. The van der Waals surface area contributed by atoms with Crippen LogP contribution in [0.15, 0.2) is 24.5 Å². The van der Waals surface area contributed by atoms with Gasteiger partial charge >= 0.3 is 6.03 Å². The molecule has 2 N–H and O–H groups in total. The molecule has 1 saturated heterocycles. The molecule has 1 unspecified atom stereocenters. The van der Waals surface area contributed by atoms with Gasteiger partial charge in [-0.2, -0.15) is 0 Å². The minimum absolute atomic E-state index is 0.0363. The first-order valence-corrected chi connectivity index (χ1v) is 8.43. The molecule has 0 aromatic carbocycles. The zero-order valence-corrected chi connectivity index (χ0v) is 14.7. The van der Waals surface area contributed by atoms with Gasteiger partial charge in [0.05, 0.1) is 12.6 Å². The Morgan fingerprint density at radius 3 is 2.29 bits per heavy atom. The van der Waals surface area contributed by atoms with E-state index in [1.54, 1.807) is 17.3 Å². The number of rotatable bonds is 5. The fourth-order valence-electron chi connectivity index (χ4n) is 2.69. The second-order valence-corrected chi connectivity index (χ2v) is 6.44. The third kappa shape index (κ3) is 5.49. The van der Waals surface area contributed by atoms with E-state index >= 15 is 0 Å². The van der Waals surface area contributed by atoms with Gasteiger partial charge in [0.2, 0.25) is 5.91 Å². The SMILES string of the molecule is CC(C)NC(=O)CN1CCN(C(=O)NC(C)c2ccncc2)CC1. The largest absolute Gasteiger partial charge is 0.353 e. The lowest BCUT2D eigenvalue weighted by Crippen LogP contribution is -2.53. The molecular formula is C17H27N5O2. The minimum Gasteiger partial charge on any atom is -0.353 e. The van der Waals surface area contributed by atoms with E-state index in [2.05, 4.69) is 20.5 Å². The van der Waals surface area contributed by atoms with Gasteiger partial charge in [-0.05, 0) is 38.5 Å². The number of nitrogens with one attached hydrogen (secondary N) is 2. The normalized spacial score (nSPS) is 16.8. The zero-order valence-electron chi connectivity index (χ0n) is 14.7. The van der Waals surface area contributed by atoms with E-state index in [4.69, 9.17) is 0 Å². The summed E-state index contributed by atoms with van der Waals surface area (Å²) in [7, 11) is 0. The highest BCUT2D eigenvalue weighted by atomic mass is 16.2. The van der Waals surface area contributed by atoms with Crippen LogP contribution in [0.4, 0.5) is 4.79 Å². The molecule has 0 radical (unpaired) electrons. The van der Waals surface area contributed by atoms with Crippen molar-refractivity contribution in [3.63, 3.8) is 0 Å². The van der Waals surface area contributed by atoms with Gasteiger partial charge in [-0.3, -0.25) is 14.7 Å². The lowest BCUT2D eigenvalue weighted by Gasteiger charge is -2.35. The topological polar surface area (TPSA) is 77.6 Å². The van der Waals surface area contributed by atoms with Gasteiger partial charge in [-0.1, -0.05) is 0 Å². The number of carbonyl (C=O) groups excluding carboxylic acids is 2. The maximum absolute atomic E-state index is 12.4. The number of nitrogens with zero attached hydrogens (tertiary/aromatic N) is 3. The molecular weight excluding hydrogens is 306 g/mol. The molecule has 2 heterocycles. The smallest absolute Gasteiger partial charge is 0.317 e. The van der Waals surface area contributed by atoms with Gasteiger partial charge in [-0.15, -0.1) is 0 Å². The Morgan fingerprint density at radius 2 is 1.71 bits per heavy atom. The molecule has 3 amide bonds. The molecule has 7 heteroatoms. The van der Waals surface area contributed by atoms with Crippen molar-refractivity contribution in [1.82, 2.24) is 25.4 Å². The number of amides is 3. The van der Waals surface area contributed by atoms with E-state index in [9.17, 15) is 9.59 Å². The first-order valence-electron chi connectivity index (χ1n) is 8.43. The Balaban J connectivity index is 1.75. The fourth-order valence-corrected chi connectivity index (χ4v) is 2.69. The molecule has 1 atom stereocenters. The molecule has 1 aromatic rings. The Morgan fingerprint density at radius 1 is 1.08 bits per heavy atom. The van der Waals surface area contributed by atoms with Crippen LogP contribution in [-0.2, 0) is 4.79 Å². The van der Waals surface area contributed by atoms with E-state index in [1.165, 1.54) is 0 Å². The van der Waals surface area contributed by atoms with Crippen molar-refractivity contribution in [2.45, 2.75) is 32.9 Å². The van der Waals surface area contributed by atoms with Gasteiger partial charge in [-0.25, -0.2) is 4.79 Å². The number of hydrogen-bond acceptors (Lipinski definition) is 4. The molecule has 2 rings (SSSR count). The van der Waals surface area contributed by atoms with Crippen molar-refractivity contribution in [3.05, 3.63) is 30.1 Å². The molecule has 7 nitrogen and oxygen atoms in total. The van der Waals surface area contributed by atoms with Gasteiger partial charge < -0.3 is 15.5 Å². The van der Waals surface area contributed by atoms with E-state index in [0.717, 1.165) is 5.56 Å². The zero-order chi connectivity index (χ0) is 17.5. The Bertz CT molecular complexity index is 541. The summed E-state index contributed by atoms with van der Waals surface area (Å²) in [5, 5.41) is 5.90. The predicted molar refractivity (Wildman–Crippen MR) is 92.5 cm³/mol.